The van der Waals surface area contributed by atoms with E-state index in [4.69, 9.17) is 4.74 Å². The average Bonchev–Trinajstić information content (AvgIpc) is 3.09. The predicted octanol–water partition coefficient (Wildman–Crippen LogP) is 7.57. The second kappa shape index (κ2) is 9.97. The van der Waals surface area contributed by atoms with E-state index < -0.39 is 53.2 Å². The number of Topliss-reactive ketones (excluding diaryl/α,β-unsaturated/α-hetero) is 1. The maximum atomic E-state index is 14.2. The molecule has 0 saturated heterocycles. The molecule has 0 aromatic carbocycles. The molecule has 4 nitrogen and oxygen atoms in total. The Balaban J connectivity index is 1.54. The minimum Gasteiger partial charge on any atom is -0.463 e. The molecule has 0 heterocycles. The first-order valence-corrected chi connectivity index (χ1v) is 14.2. The lowest BCUT2D eigenvalue weighted by Gasteiger charge is -2.61. The standard InChI is InChI=1S/C29H39F7O4/c1-16(6-5-10-27(30,28(31,32)33)29(34,35)36)21-15-22(38)23-20-8-7-18-14-19(40-17(2)37)9-11-25(18,4)26(20,39)13-12-24(21,23)3/h16,18-19,21,39H,5-15H2,1-4H3/t16-,18+,19?,21-,24-,25+,26-/m1/s1. The molecule has 3 fully saturated rings. The number of ketones is 1. The Hall–Kier alpha value is -1.65. The van der Waals surface area contributed by atoms with Crippen molar-refractivity contribution in [3.63, 3.8) is 0 Å². The average molecular weight is 585 g/mol. The van der Waals surface area contributed by atoms with Gasteiger partial charge in [0.25, 0.3) is 5.67 Å². The molecule has 0 aliphatic heterocycles. The zero-order chi connectivity index (χ0) is 30.1. The molecule has 4 aliphatic carbocycles. The molecule has 3 saturated carbocycles. The summed E-state index contributed by atoms with van der Waals surface area (Å²) in [5.41, 5.74) is -6.38. The minimum absolute atomic E-state index is 0.0877. The van der Waals surface area contributed by atoms with Crippen LogP contribution in [-0.4, -0.2) is 46.6 Å². The topological polar surface area (TPSA) is 63.6 Å². The van der Waals surface area contributed by atoms with Crippen molar-refractivity contribution >= 4 is 11.8 Å². The van der Waals surface area contributed by atoms with Crippen LogP contribution in [-0.2, 0) is 14.3 Å². The first kappa shape index (κ1) is 31.3. The van der Waals surface area contributed by atoms with Crippen LogP contribution < -0.4 is 0 Å². The number of rotatable bonds is 6. The van der Waals surface area contributed by atoms with Crippen molar-refractivity contribution in [1.29, 1.82) is 0 Å². The molecule has 228 valence electrons. The van der Waals surface area contributed by atoms with Crippen LogP contribution in [0.1, 0.15) is 98.3 Å². The van der Waals surface area contributed by atoms with Gasteiger partial charge >= 0.3 is 18.3 Å². The van der Waals surface area contributed by atoms with Crippen molar-refractivity contribution in [2.75, 3.05) is 0 Å². The summed E-state index contributed by atoms with van der Waals surface area (Å²) in [5.74, 6) is -1.13. The Bertz CT molecular complexity index is 1050. The van der Waals surface area contributed by atoms with E-state index in [0.717, 1.165) is 5.57 Å². The summed E-state index contributed by atoms with van der Waals surface area (Å²) in [6.45, 7) is 7.02. The number of allylic oxidation sites excluding steroid dienone is 1. The minimum atomic E-state index is -6.07. The third-order valence-electron chi connectivity index (χ3n) is 11.1. The molecule has 0 bridgehead atoms. The van der Waals surface area contributed by atoms with Crippen LogP contribution in [0.15, 0.2) is 11.1 Å². The summed E-state index contributed by atoms with van der Waals surface area (Å²) in [7, 11) is 0. The van der Waals surface area contributed by atoms with E-state index in [2.05, 4.69) is 0 Å². The van der Waals surface area contributed by atoms with Gasteiger partial charge in [-0.3, -0.25) is 9.59 Å². The zero-order valence-corrected chi connectivity index (χ0v) is 23.4. The van der Waals surface area contributed by atoms with Crippen LogP contribution >= 0.6 is 0 Å². The Kier molecular flexibility index (Phi) is 7.80. The first-order valence-electron chi connectivity index (χ1n) is 14.2. The molecule has 4 rings (SSSR count). The zero-order valence-electron chi connectivity index (χ0n) is 23.4. The number of fused-ring (bicyclic) bond motifs is 4. The monoisotopic (exact) mass is 584 g/mol. The van der Waals surface area contributed by atoms with E-state index in [0.29, 0.717) is 50.5 Å². The number of alkyl halides is 7. The third-order valence-corrected chi connectivity index (χ3v) is 11.1. The lowest BCUT2D eigenvalue weighted by molar-refractivity contribution is -0.343. The number of ether oxygens (including phenoxy) is 1. The number of carbonyl (C=O) groups excluding carboxylic acids is 2. The molecule has 7 atom stereocenters. The number of carbonyl (C=O) groups is 2. The second-order valence-corrected chi connectivity index (χ2v) is 13.2. The lowest BCUT2D eigenvalue weighted by atomic mass is 9.46. The molecule has 1 unspecified atom stereocenters. The molecule has 0 radical (unpaired) electrons. The van der Waals surface area contributed by atoms with Gasteiger partial charge in [-0.05, 0) is 86.5 Å². The molecule has 40 heavy (non-hydrogen) atoms. The highest BCUT2D eigenvalue weighted by molar-refractivity contribution is 6.01. The van der Waals surface area contributed by atoms with Crippen LogP contribution in [0.2, 0.25) is 0 Å². The van der Waals surface area contributed by atoms with Crippen molar-refractivity contribution < 1.29 is 50.2 Å². The van der Waals surface area contributed by atoms with Crippen LogP contribution in [0.4, 0.5) is 30.7 Å². The lowest BCUT2D eigenvalue weighted by Crippen LogP contribution is -2.60. The molecule has 0 amide bonds. The van der Waals surface area contributed by atoms with Gasteiger partial charge in [-0.2, -0.15) is 26.3 Å². The SMILES string of the molecule is CC(=O)OC1CC[C@@]2(C)[C@@H](CCC3=C4C(=O)C[C@H]([C@H](C)CCCC(F)(C(F)(F)F)C(F)(F)F)[C@@]4(C)CC[C@@]32O)C1. The van der Waals surface area contributed by atoms with E-state index in [9.17, 15) is 45.4 Å². The summed E-state index contributed by atoms with van der Waals surface area (Å²) < 4.78 is 97.5. The summed E-state index contributed by atoms with van der Waals surface area (Å²) in [4.78, 5) is 25.0. The van der Waals surface area contributed by atoms with Gasteiger partial charge in [0.05, 0.1) is 5.60 Å². The summed E-state index contributed by atoms with van der Waals surface area (Å²) in [6.07, 6.45) is -10.8. The molecule has 11 heteroatoms. The maximum Gasteiger partial charge on any atom is 0.431 e. The van der Waals surface area contributed by atoms with Crippen molar-refractivity contribution in [1.82, 2.24) is 0 Å². The third kappa shape index (κ3) is 4.70. The van der Waals surface area contributed by atoms with E-state index in [1.54, 1.807) is 6.92 Å². The van der Waals surface area contributed by atoms with E-state index >= 15 is 0 Å². The van der Waals surface area contributed by atoms with Crippen molar-refractivity contribution in [2.45, 2.75) is 128 Å². The molecule has 0 aromatic heterocycles. The number of esters is 1. The van der Waals surface area contributed by atoms with Gasteiger partial charge in [0, 0.05) is 24.3 Å². The van der Waals surface area contributed by atoms with Crippen molar-refractivity contribution in [2.24, 2.45) is 28.6 Å². The summed E-state index contributed by atoms with van der Waals surface area (Å²) >= 11 is 0. The highest BCUT2D eigenvalue weighted by Crippen LogP contribution is 2.67. The smallest absolute Gasteiger partial charge is 0.431 e. The number of aliphatic hydroxyl groups is 1. The highest BCUT2D eigenvalue weighted by Gasteiger charge is 2.72. The molecule has 1 N–H and O–H groups in total. The summed E-state index contributed by atoms with van der Waals surface area (Å²) in [5, 5.41) is 12.2. The van der Waals surface area contributed by atoms with Crippen LogP contribution in [0.3, 0.4) is 0 Å². The summed E-state index contributed by atoms with van der Waals surface area (Å²) in [6, 6.07) is 0. The number of halogens is 7. The molecule has 4 aliphatic rings. The Morgan fingerprint density at radius 3 is 2.25 bits per heavy atom. The van der Waals surface area contributed by atoms with Crippen molar-refractivity contribution in [3.05, 3.63) is 11.1 Å². The van der Waals surface area contributed by atoms with Gasteiger partial charge in [0.15, 0.2) is 5.78 Å². The quantitative estimate of drug-likeness (QED) is 0.258. The fraction of sp³-hybridized carbons (Fsp3) is 0.862. The second-order valence-electron chi connectivity index (χ2n) is 13.2. The van der Waals surface area contributed by atoms with Crippen LogP contribution in [0, 0.1) is 28.6 Å². The first-order chi connectivity index (χ1) is 18.2. The molecule has 0 spiro atoms. The molecular weight excluding hydrogens is 545 g/mol. The normalized spacial score (nSPS) is 37.5. The fourth-order valence-corrected chi connectivity index (χ4v) is 8.76. The van der Waals surface area contributed by atoms with Gasteiger partial charge in [0.2, 0.25) is 0 Å². The maximum absolute atomic E-state index is 14.2. The molecule has 0 aromatic rings. The van der Waals surface area contributed by atoms with Gasteiger partial charge < -0.3 is 9.84 Å². The van der Waals surface area contributed by atoms with Crippen molar-refractivity contribution in [3.8, 4) is 0 Å². The van der Waals surface area contributed by atoms with E-state index in [1.165, 1.54) is 6.92 Å². The van der Waals surface area contributed by atoms with E-state index in [1.807, 2.05) is 13.8 Å². The van der Waals surface area contributed by atoms with E-state index in [-0.39, 0.29) is 42.5 Å². The van der Waals surface area contributed by atoms with Crippen LogP contribution in [0.5, 0.6) is 0 Å². The van der Waals surface area contributed by atoms with Crippen LogP contribution in [0.25, 0.3) is 0 Å². The molecular formula is C29H39F7O4. The predicted molar refractivity (Wildman–Crippen MR) is 132 cm³/mol. The van der Waals surface area contributed by atoms with Gasteiger partial charge in [0.1, 0.15) is 6.10 Å². The van der Waals surface area contributed by atoms with Gasteiger partial charge in [-0.15, -0.1) is 0 Å². The van der Waals surface area contributed by atoms with Gasteiger partial charge in [-0.25, -0.2) is 4.39 Å². The highest BCUT2D eigenvalue weighted by atomic mass is 19.4. The Labute approximate surface area is 230 Å². The fourth-order valence-electron chi connectivity index (χ4n) is 8.76. The largest absolute Gasteiger partial charge is 0.463 e. The number of hydrogen-bond acceptors (Lipinski definition) is 4. The Morgan fingerprint density at radius 2 is 1.68 bits per heavy atom. The number of hydrogen-bond donors (Lipinski definition) is 1. The Morgan fingerprint density at radius 1 is 1.05 bits per heavy atom. The van der Waals surface area contributed by atoms with Gasteiger partial charge in [-0.1, -0.05) is 27.2 Å².